The van der Waals surface area contributed by atoms with Crippen molar-refractivity contribution in [1.82, 2.24) is 5.32 Å². The van der Waals surface area contributed by atoms with Crippen LogP contribution in [0, 0.1) is 5.92 Å². The lowest BCUT2D eigenvalue weighted by molar-refractivity contribution is -0.136. The van der Waals surface area contributed by atoms with Gasteiger partial charge in [0.1, 0.15) is 5.75 Å². The van der Waals surface area contributed by atoms with Crippen LogP contribution in [0.15, 0.2) is 23.8 Å². The van der Waals surface area contributed by atoms with E-state index in [0.29, 0.717) is 6.54 Å². The third-order valence-corrected chi connectivity index (χ3v) is 6.31. The molecule has 0 heterocycles. The third kappa shape index (κ3) is 6.10. The number of nitrogens with one attached hydrogen (secondary N) is 1. The second-order valence-corrected chi connectivity index (χ2v) is 8.36. The summed E-state index contributed by atoms with van der Waals surface area (Å²) in [6.07, 6.45) is 11.8. The van der Waals surface area contributed by atoms with Crippen LogP contribution in [0.25, 0.3) is 5.57 Å². The van der Waals surface area contributed by atoms with Gasteiger partial charge in [-0.3, -0.25) is 4.79 Å². The molecule has 2 aliphatic rings. The van der Waals surface area contributed by atoms with Gasteiger partial charge in [0.2, 0.25) is 0 Å². The fourth-order valence-corrected chi connectivity index (χ4v) is 4.59. The van der Waals surface area contributed by atoms with E-state index in [1.54, 1.807) is 0 Å². The molecule has 0 saturated heterocycles. The summed E-state index contributed by atoms with van der Waals surface area (Å²) >= 11 is 0. The molecule has 28 heavy (non-hydrogen) atoms. The molecule has 0 atom stereocenters. The molecule has 0 amide bonds. The van der Waals surface area contributed by atoms with Crippen LogP contribution in [-0.2, 0) is 11.2 Å². The molecule has 0 spiro atoms. The van der Waals surface area contributed by atoms with E-state index in [9.17, 15) is 4.79 Å². The number of benzene rings is 1. The lowest BCUT2D eigenvalue weighted by Gasteiger charge is -2.23. The van der Waals surface area contributed by atoms with Gasteiger partial charge >= 0.3 is 5.97 Å². The molecule has 2 N–H and O–H groups in total. The van der Waals surface area contributed by atoms with Gasteiger partial charge in [0.15, 0.2) is 0 Å². The molecule has 0 radical (unpaired) electrons. The Morgan fingerprint density at radius 3 is 2.82 bits per heavy atom. The Bertz CT molecular complexity index is 689. The zero-order valence-electron chi connectivity index (χ0n) is 17.3. The summed E-state index contributed by atoms with van der Waals surface area (Å²) in [6, 6.07) is 6.51. The molecule has 0 aromatic heterocycles. The van der Waals surface area contributed by atoms with Gasteiger partial charge in [-0.1, -0.05) is 43.7 Å². The van der Waals surface area contributed by atoms with Crippen molar-refractivity contribution in [3.63, 3.8) is 0 Å². The molecule has 154 valence electrons. The molecule has 4 nitrogen and oxygen atoms in total. The quantitative estimate of drug-likeness (QED) is 0.543. The highest BCUT2D eigenvalue weighted by molar-refractivity contribution is 5.72. The van der Waals surface area contributed by atoms with Crippen molar-refractivity contribution < 1.29 is 14.6 Å². The summed E-state index contributed by atoms with van der Waals surface area (Å²) in [7, 11) is 0. The maximum absolute atomic E-state index is 10.6. The van der Waals surface area contributed by atoms with Crippen LogP contribution >= 0.6 is 0 Å². The summed E-state index contributed by atoms with van der Waals surface area (Å²) in [5.74, 6) is 1.17. The number of fused-ring (bicyclic) bond motifs is 1. The molecule has 4 heteroatoms. The Hall–Kier alpha value is -1.81. The minimum Gasteiger partial charge on any atom is -0.494 e. The summed E-state index contributed by atoms with van der Waals surface area (Å²) in [4.78, 5) is 10.6. The minimum absolute atomic E-state index is 0.171. The van der Waals surface area contributed by atoms with E-state index in [4.69, 9.17) is 9.84 Å². The summed E-state index contributed by atoms with van der Waals surface area (Å²) in [5.41, 5.74) is 5.40. The van der Waals surface area contributed by atoms with Gasteiger partial charge in [-0.2, -0.15) is 0 Å². The lowest BCUT2D eigenvalue weighted by atomic mass is 9.86. The van der Waals surface area contributed by atoms with Gasteiger partial charge in [-0.05, 0) is 67.4 Å². The predicted octanol–water partition coefficient (Wildman–Crippen LogP) is 5.21. The molecule has 0 bridgehead atoms. The maximum Gasteiger partial charge on any atom is 0.304 e. The Morgan fingerprint density at radius 2 is 2.04 bits per heavy atom. The smallest absolute Gasteiger partial charge is 0.304 e. The minimum atomic E-state index is -0.751. The van der Waals surface area contributed by atoms with E-state index >= 15 is 0 Å². The predicted molar refractivity (Wildman–Crippen MR) is 114 cm³/mol. The highest BCUT2D eigenvalue weighted by atomic mass is 16.5. The average Bonchev–Trinajstić information content (AvgIpc) is 2.70. The van der Waals surface area contributed by atoms with Crippen molar-refractivity contribution in [2.24, 2.45) is 5.92 Å². The van der Waals surface area contributed by atoms with Gasteiger partial charge in [0, 0.05) is 13.1 Å². The summed E-state index contributed by atoms with van der Waals surface area (Å²) in [6.45, 7) is 4.30. The zero-order valence-corrected chi connectivity index (χ0v) is 17.3. The Kier molecular flexibility index (Phi) is 7.96. The van der Waals surface area contributed by atoms with E-state index in [1.807, 2.05) is 0 Å². The van der Waals surface area contributed by atoms with Gasteiger partial charge in [0.05, 0.1) is 13.0 Å². The fourth-order valence-electron chi connectivity index (χ4n) is 4.59. The van der Waals surface area contributed by atoms with Crippen LogP contribution < -0.4 is 10.1 Å². The highest BCUT2D eigenvalue weighted by Crippen LogP contribution is 2.33. The molecule has 2 aliphatic carbocycles. The van der Waals surface area contributed by atoms with E-state index in [-0.39, 0.29) is 6.42 Å². The topological polar surface area (TPSA) is 58.6 Å². The molecule has 1 fully saturated rings. The number of rotatable bonds is 10. The largest absolute Gasteiger partial charge is 0.494 e. The van der Waals surface area contributed by atoms with E-state index in [2.05, 4.69) is 30.4 Å². The highest BCUT2D eigenvalue weighted by Gasteiger charge is 2.17. The Morgan fingerprint density at radius 1 is 1.21 bits per heavy atom. The van der Waals surface area contributed by atoms with Crippen molar-refractivity contribution >= 4 is 11.5 Å². The zero-order chi connectivity index (χ0) is 19.8. The maximum atomic E-state index is 10.6. The molecule has 1 saturated carbocycles. The molecular weight excluding hydrogens is 350 g/mol. The lowest BCUT2D eigenvalue weighted by Crippen LogP contribution is -2.22. The number of carboxylic acids is 1. The molecule has 0 unspecified atom stereocenters. The standard InChI is InChI=1S/C24H35NO3/c1-18-21(17-25-14-13-24(26)27)10-9-20-16-22(11-12-23(18)20)28-15-5-8-19-6-3-2-4-7-19/h11-12,16,19,25H,2-10,13-15,17H2,1H3,(H,26,27). The average molecular weight is 386 g/mol. The normalized spacial score (nSPS) is 17.5. The number of carboxylic acid groups (broad SMARTS) is 1. The fraction of sp³-hybridized carbons (Fsp3) is 0.625. The molecule has 3 rings (SSSR count). The first-order chi connectivity index (χ1) is 13.6. The Balaban J connectivity index is 1.47. The van der Waals surface area contributed by atoms with Gasteiger partial charge < -0.3 is 15.2 Å². The van der Waals surface area contributed by atoms with Crippen molar-refractivity contribution in [2.75, 3.05) is 19.7 Å². The molecular formula is C24H35NO3. The van der Waals surface area contributed by atoms with Crippen LogP contribution in [0.4, 0.5) is 0 Å². The molecule has 1 aromatic carbocycles. The van der Waals surface area contributed by atoms with Crippen LogP contribution in [0.5, 0.6) is 5.75 Å². The van der Waals surface area contributed by atoms with E-state index < -0.39 is 5.97 Å². The summed E-state index contributed by atoms with van der Waals surface area (Å²) in [5, 5.41) is 12.0. The van der Waals surface area contributed by atoms with Gasteiger partial charge in [-0.15, -0.1) is 0 Å². The number of hydrogen-bond acceptors (Lipinski definition) is 3. The second kappa shape index (κ2) is 10.7. The van der Waals surface area contributed by atoms with E-state index in [1.165, 1.54) is 60.8 Å². The van der Waals surface area contributed by atoms with Crippen molar-refractivity contribution in [3.05, 3.63) is 34.9 Å². The van der Waals surface area contributed by atoms with Crippen LogP contribution in [-0.4, -0.2) is 30.8 Å². The first kappa shape index (κ1) is 20.9. The number of carbonyl (C=O) groups is 1. The molecule has 1 aromatic rings. The van der Waals surface area contributed by atoms with Gasteiger partial charge in [-0.25, -0.2) is 0 Å². The Labute approximate surface area is 169 Å². The number of hydrogen-bond donors (Lipinski definition) is 2. The number of aryl methyl sites for hydroxylation is 1. The van der Waals surface area contributed by atoms with Crippen LogP contribution in [0.1, 0.15) is 75.8 Å². The van der Waals surface area contributed by atoms with Crippen molar-refractivity contribution in [2.45, 2.75) is 71.1 Å². The summed E-state index contributed by atoms with van der Waals surface area (Å²) < 4.78 is 6.04. The van der Waals surface area contributed by atoms with E-state index in [0.717, 1.165) is 44.1 Å². The SMILES string of the molecule is CC1=C(CNCCC(=O)O)CCc2cc(OCCCC3CCCCC3)ccc21. The number of aliphatic carboxylic acids is 1. The third-order valence-electron chi connectivity index (χ3n) is 6.31. The number of ether oxygens (including phenoxy) is 1. The van der Waals surface area contributed by atoms with Crippen molar-refractivity contribution in [3.8, 4) is 5.75 Å². The first-order valence-corrected chi connectivity index (χ1v) is 11.0. The van der Waals surface area contributed by atoms with Crippen LogP contribution in [0.3, 0.4) is 0 Å². The number of allylic oxidation sites excluding steroid dienone is 1. The van der Waals surface area contributed by atoms with Gasteiger partial charge in [0.25, 0.3) is 0 Å². The first-order valence-electron chi connectivity index (χ1n) is 11.0. The molecule has 0 aliphatic heterocycles. The van der Waals surface area contributed by atoms with Crippen molar-refractivity contribution in [1.29, 1.82) is 0 Å². The second-order valence-electron chi connectivity index (χ2n) is 8.36. The monoisotopic (exact) mass is 385 g/mol. The van der Waals surface area contributed by atoms with Crippen LogP contribution in [0.2, 0.25) is 0 Å².